The summed E-state index contributed by atoms with van der Waals surface area (Å²) in [5, 5.41) is 3.34. The Morgan fingerprint density at radius 1 is 1.24 bits per heavy atom. The molecule has 0 fully saturated rings. The van der Waals surface area contributed by atoms with E-state index in [1.54, 1.807) is 6.20 Å². The quantitative estimate of drug-likeness (QED) is 0.866. The van der Waals surface area contributed by atoms with Crippen molar-refractivity contribution in [1.82, 2.24) is 10.3 Å². The molecule has 2 aromatic rings. The standard InChI is InChI=1S/C16H18F2N2O/c1-3-8-19-11(2)13-5-4-9-20-16(13)21-12-6-7-14(17)15(18)10-12/h4-7,9-11,19H,3,8H2,1-2H3. The minimum absolute atomic E-state index is 0.0546. The van der Waals surface area contributed by atoms with Crippen molar-refractivity contribution in [2.45, 2.75) is 26.3 Å². The van der Waals surface area contributed by atoms with Crippen LogP contribution in [0.4, 0.5) is 8.78 Å². The van der Waals surface area contributed by atoms with Gasteiger partial charge >= 0.3 is 0 Å². The van der Waals surface area contributed by atoms with Crippen LogP contribution in [0.25, 0.3) is 0 Å². The van der Waals surface area contributed by atoms with Crippen molar-refractivity contribution in [3.05, 3.63) is 53.7 Å². The fraction of sp³-hybridized carbons (Fsp3) is 0.312. The van der Waals surface area contributed by atoms with Crippen molar-refractivity contribution in [3.8, 4) is 11.6 Å². The molecular weight excluding hydrogens is 274 g/mol. The summed E-state index contributed by atoms with van der Waals surface area (Å²) in [4.78, 5) is 4.18. The van der Waals surface area contributed by atoms with Gasteiger partial charge in [0.05, 0.1) is 0 Å². The zero-order chi connectivity index (χ0) is 15.2. The molecule has 1 unspecified atom stereocenters. The number of nitrogens with one attached hydrogen (secondary N) is 1. The van der Waals surface area contributed by atoms with Crippen molar-refractivity contribution in [1.29, 1.82) is 0 Å². The molecule has 0 amide bonds. The maximum absolute atomic E-state index is 13.2. The lowest BCUT2D eigenvalue weighted by Gasteiger charge is -2.17. The van der Waals surface area contributed by atoms with Crippen LogP contribution in [-0.2, 0) is 0 Å². The van der Waals surface area contributed by atoms with Crippen LogP contribution in [0.3, 0.4) is 0 Å². The summed E-state index contributed by atoms with van der Waals surface area (Å²) in [6, 6.07) is 7.19. The lowest BCUT2D eigenvalue weighted by atomic mass is 10.1. The molecule has 112 valence electrons. The van der Waals surface area contributed by atoms with Gasteiger partial charge in [0.25, 0.3) is 0 Å². The highest BCUT2D eigenvalue weighted by molar-refractivity contribution is 5.34. The molecule has 0 saturated heterocycles. The number of hydrogen-bond donors (Lipinski definition) is 1. The van der Waals surface area contributed by atoms with E-state index in [1.165, 1.54) is 6.07 Å². The van der Waals surface area contributed by atoms with Crippen LogP contribution in [0.1, 0.15) is 31.9 Å². The molecule has 5 heteroatoms. The van der Waals surface area contributed by atoms with Gasteiger partial charge in [-0.1, -0.05) is 13.0 Å². The van der Waals surface area contributed by atoms with Crippen LogP contribution < -0.4 is 10.1 Å². The molecule has 1 aromatic carbocycles. The van der Waals surface area contributed by atoms with Gasteiger partial charge in [-0.05, 0) is 38.1 Å². The number of aromatic nitrogens is 1. The Kier molecular flexibility index (Phi) is 5.22. The van der Waals surface area contributed by atoms with Crippen molar-refractivity contribution in [3.63, 3.8) is 0 Å². The molecule has 2 rings (SSSR count). The second-order valence-electron chi connectivity index (χ2n) is 4.75. The summed E-state index contributed by atoms with van der Waals surface area (Å²) in [5.74, 6) is -1.24. The number of pyridine rings is 1. The van der Waals surface area contributed by atoms with E-state index in [-0.39, 0.29) is 11.8 Å². The monoisotopic (exact) mass is 292 g/mol. The summed E-state index contributed by atoms with van der Waals surface area (Å²) >= 11 is 0. The molecule has 3 nitrogen and oxygen atoms in total. The summed E-state index contributed by atoms with van der Waals surface area (Å²) in [6.07, 6.45) is 2.62. The van der Waals surface area contributed by atoms with Crippen molar-refractivity contribution in [2.75, 3.05) is 6.54 Å². The van der Waals surface area contributed by atoms with E-state index in [1.807, 2.05) is 19.1 Å². The van der Waals surface area contributed by atoms with E-state index >= 15 is 0 Å². The third kappa shape index (κ3) is 3.98. The van der Waals surface area contributed by atoms with E-state index < -0.39 is 11.6 Å². The molecule has 0 radical (unpaired) electrons. The molecule has 1 heterocycles. The maximum Gasteiger partial charge on any atom is 0.223 e. The Hall–Kier alpha value is -2.01. The zero-order valence-corrected chi connectivity index (χ0v) is 12.1. The molecule has 0 bridgehead atoms. The first-order chi connectivity index (χ1) is 10.1. The molecule has 21 heavy (non-hydrogen) atoms. The van der Waals surface area contributed by atoms with E-state index in [9.17, 15) is 8.78 Å². The smallest absolute Gasteiger partial charge is 0.223 e. The first-order valence-corrected chi connectivity index (χ1v) is 6.93. The number of rotatable bonds is 6. The minimum Gasteiger partial charge on any atom is -0.439 e. The zero-order valence-electron chi connectivity index (χ0n) is 12.1. The summed E-state index contributed by atoms with van der Waals surface area (Å²) in [7, 11) is 0. The summed E-state index contributed by atoms with van der Waals surface area (Å²) in [5.41, 5.74) is 0.871. The molecule has 0 aliphatic carbocycles. The normalized spacial score (nSPS) is 12.2. The molecule has 1 atom stereocenters. The molecular formula is C16H18F2N2O. The van der Waals surface area contributed by atoms with E-state index in [4.69, 9.17) is 4.74 Å². The van der Waals surface area contributed by atoms with Gasteiger partial charge in [-0.2, -0.15) is 0 Å². The van der Waals surface area contributed by atoms with Crippen LogP contribution in [0.2, 0.25) is 0 Å². The number of hydrogen-bond acceptors (Lipinski definition) is 3. The van der Waals surface area contributed by atoms with Gasteiger partial charge in [0, 0.05) is 23.9 Å². The maximum atomic E-state index is 13.2. The lowest BCUT2D eigenvalue weighted by molar-refractivity contribution is 0.432. The third-order valence-electron chi connectivity index (χ3n) is 3.07. The number of halogens is 2. The van der Waals surface area contributed by atoms with E-state index in [0.717, 1.165) is 30.7 Å². The molecule has 0 spiro atoms. The topological polar surface area (TPSA) is 34.2 Å². The number of benzene rings is 1. The van der Waals surface area contributed by atoms with Crippen molar-refractivity contribution < 1.29 is 13.5 Å². The minimum atomic E-state index is -0.942. The average molecular weight is 292 g/mol. The molecule has 0 saturated carbocycles. The van der Waals surface area contributed by atoms with Crippen LogP contribution in [-0.4, -0.2) is 11.5 Å². The Bertz CT molecular complexity index is 605. The van der Waals surface area contributed by atoms with Gasteiger partial charge in [-0.25, -0.2) is 13.8 Å². The third-order valence-corrected chi connectivity index (χ3v) is 3.07. The highest BCUT2D eigenvalue weighted by Crippen LogP contribution is 2.28. The van der Waals surface area contributed by atoms with Crippen LogP contribution in [0.5, 0.6) is 11.6 Å². The molecule has 0 aliphatic rings. The number of ether oxygens (including phenoxy) is 1. The largest absolute Gasteiger partial charge is 0.439 e. The lowest BCUT2D eigenvalue weighted by Crippen LogP contribution is -2.20. The van der Waals surface area contributed by atoms with Gasteiger partial charge in [0.2, 0.25) is 5.88 Å². The first kappa shape index (κ1) is 15.4. The fourth-order valence-electron chi connectivity index (χ4n) is 1.94. The Morgan fingerprint density at radius 2 is 2.05 bits per heavy atom. The van der Waals surface area contributed by atoms with Crippen molar-refractivity contribution >= 4 is 0 Å². The predicted octanol–water partition coefficient (Wildman–Crippen LogP) is 4.21. The first-order valence-electron chi connectivity index (χ1n) is 6.93. The van der Waals surface area contributed by atoms with Gasteiger partial charge < -0.3 is 10.1 Å². The Morgan fingerprint density at radius 3 is 2.76 bits per heavy atom. The van der Waals surface area contributed by atoms with Crippen LogP contribution in [0.15, 0.2) is 36.5 Å². The van der Waals surface area contributed by atoms with Crippen LogP contribution >= 0.6 is 0 Å². The Balaban J connectivity index is 2.21. The SMILES string of the molecule is CCCNC(C)c1cccnc1Oc1ccc(F)c(F)c1. The predicted molar refractivity (Wildman–Crippen MR) is 77.4 cm³/mol. The van der Waals surface area contributed by atoms with Gasteiger partial charge in [0.1, 0.15) is 5.75 Å². The average Bonchev–Trinajstić information content (AvgIpc) is 2.49. The molecule has 0 aliphatic heterocycles. The van der Waals surface area contributed by atoms with E-state index in [0.29, 0.717) is 5.88 Å². The number of nitrogens with zero attached hydrogens (tertiary/aromatic N) is 1. The fourth-order valence-corrected chi connectivity index (χ4v) is 1.94. The van der Waals surface area contributed by atoms with Crippen LogP contribution in [0, 0.1) is 11.6 Å². The highest BCUT2D eigenvalue weighted by Gasteiger charge is 2.13. The van der Waals surface area contributed by atoms with Gasteiger partial charge in [-0.3, -0.25) is 0 Å². The summed E-state index contributed by atoms with van der Waals surface area (Å²) < 4.78 is 31.7. The molecule has 1 aromatic heterocycles. The van der Waals surface area contributed by atoms with Gasteiger partial charge in [0.15, 0.2) is 11.6 Å². The second kappa shape index (κ2) is 7.13. The second-order valence-corrected chi connectivity index (χ2v) is 4.75. The van der Waals surface area contributed by atoms with Gasteiger partial charge in [-0.15, -0.1) is 0 Å². The Labute approximate surface area is 123 Å². The highest BCUT2D eigenvalue weighted by atomic mass is 19.2. The molecule has 1 N–H and O–H groups in total. The van der Waals surface area contributed by atoms with Crippen molar-refractivity contribution in [2.24, 2.45) is 0 Å². The summed E-state index contributed by atoms with van der Waals surface area (Å²) in [6.45, 7) is 4.97. The van der Waals surface area contributed by atoms with E-state index in [2.05, 4.69) is 17.2 Å².